The van der Waals surface area contributed by atoms with Crippen molar-refractivity contribution in [3.63, 3.8) is 0 Å². The number of nitrogens with zero attached hydrogens (tertiary/aromatic N) is 3. The molecule has 2 N–H and O–H groups in total. The first kappa shape index (κ1) is 29.2. The summed E-state index contributed by atoms with van der Waals surface area (Å²) in [6.45, 7) is 10.4. The Hall–Kier alpha value is -4.53. The summed E-state index contributed by atoms with van der Waals surface area (Å²) < 4.78 is 4.98. The maximum absolute atomic E-state index is 14.0. The molecule has 8 bridgehead atoms. The number of carbonyl (C=O) groups excluding carboxylic acids is 3. The number of aromatic nitrogens is 4. The van der Waals surface area contributed by atoms with Gasteiger partial charge in [0.2, 0.25) is 0 Å². The van der Waals surface area contributed by atoms with Crippen LogP contribution in [0.15, 0.2) is 18.2 Å². The molecule has 0 unspecified atom stereocenters. The number of hydrogen-bond donors (Lipinski definition) is 2. The number of imide groups is 1. The number of carbonyl (C=O) groups is 3. The van der Waals surface area contributed by atoms with Crippen LogP contribution in [0.4, 0.5) is 0 Å². The molecule has 232 valence electrons. The van der Waals surface area contributed by atoms with E-state index in [2.05, 4.69) is 49.8 Å². The van der Waals surface area contributed by atoms with Crippen molar-refractivity contribution < 1.29 is 19.1 Å². The van der Waals surface area contributed by atoms with E-state index in [0.717, 1.165) is 70.0 Å². The van der Waals surface area contributed by atoms with Gasteiger partial charge in [-0.15, -0.1) is 0 Å². The van der Waals surface area contributed by atoms with Crippen LogP contribution < -0.4 is 0 Å². The fraction of sp³-hybridized carbons (Fsp3) is 0.417. The summed E-state index contributed by atoms with van der Waals surface area (Å²) in [5.74, 6) is -0.760. The molecule has 9 heteroatoms. The van der Waals surface area contributed by atoms with Crippen LogP contribution in [0.2, 0.25) is 0 Å². The summed E-state index contributed by atoms with van der Waals surface area (Å²) in [5.41, 5.74) is 12.9. The lowest BCUT2D eigenvalue weighted by Gasteiger charge is -2.24. The van der Waals surface area contributed by atoms with Crippen molar-refractivity contribution in [2.24, 2.45) is 5.92 Å². The first-order valence-electron chi connectivity index (χ1n) is 15.9. The molecule has 0 radical (unpaired) electrons. The van der Waals surface area contributed by atoms with Gasteiger partial charge in [-0.2, -0.15) is 0 Å². The molecular weight excluding hydrogens is 566 g/mol. The monoisotopic (exact) mass is 605 g/mol. The standard InChI is InChI=1S/C36H39N5O4/c1-8-21-16(2)23-15-28-30(20-9-10-20)18(4)25(38-28)13-24-17(3)22(11-12-29(42)45-7)33(39-24)32-34-31(35(43)41(6)36(32)44)19(5)26(40-34)14-27(21)37-23/h13-15,17,20,22,39-40H,8-12H2,1-7H3/t17-,22-/m0/s1. The first-order valence-corrected chi connectivity index (χ1v) is 15.9. The molecule has 0 aromatic carbocycles. The SMILES string of the molecule is CCC1=C(C)c2cc3nc(cc4[nH]c(c5c6[nH]c(cc1n2)c(C)c6C(=O)N(C)C5=O)[C@@H](CCC(=O)OC)[C@@H]4C)C(C)=C3C1CC1. The number of H-pyrrole nitrogens is 2. The Kier molecular flexibility index (Phi) is 6.83. The van der Waals surface area contributed by atoms with E-state index in [1.807, 2.05) is 13.0 Å². The van der Waals surface area contributed by atoms with Gasteiger partial charge >= 0.3 is 5.97 Å². The van der Waals surface area contributed by atoms with E-state index in [1.165, 1.54) is 30.2 Å². The highest BCUT2D eigenvalue weighted by Crippen LogP contribution is 2.49. The average molecular weight is 606 g/mol. The van der Waals surface area contributed by atoms with Crippen LogP contribution in [0.25, 0.3) is 33.3 Å². The van der Waals surface area contributed by atoms with Crippen molar-refractivity contribution in [3.8, 4) is 0 Å². The fourth-order valence-electron chi connectivity index (χ4n) is 7.50. The molecule has 2 amide bonds. The molecule has 0 saturated heterocycles. The van der Waals surface area contributed by atoms with E-state index in [0.29, 0.717) is 34.7 Å². The minimum atomic E-state index is -0.380. The van der Waals surface area contributed by atoms with E-state index in [9.17, 15) is 14.4 Å². The van der Waals surface area contributed by atoms with Gasteiger partial charge in [-0.05, 0) is 98.4 Å². The number of amides is 2. The van der Waals surface area contributed by atoms with Gasteiger partial charge in [0, 0.05) is 42.2 Å². The molecule has 5 aliphatic rings. The van der Waals surface area contributed by atoms with E-state index in [-0.39, 0.29) is 36.0 Å². The van der Waals surface area contributed by atoms with Gasteiger partial charge in [0.05, 0.1) is 46.5 Å². The van der Waals surface area contributed by atoms with E-state index in [4.69, 9.17) is 14.7 Å². The number of esters is 1. The summed E-state index contributed by atoms with van der Waals surface area (Å²) in [5, 5.41) is 0. The van der Waals surface area contributed by atoms with Crippen LogP contribution >= 0.6 is 0 Å². The van der Waals surface area contributed by atoms with Crippen molar-refractivity contribution in [1.82, 2.24) is 24.8 Å². The zero-order chi connectivity index (χ0) is 31.9. The molecule has 2 aromatic rings. The number of hydrogen-bond acceptors (Lipinski definition) is 6. The van der Waals surface area contributed by atoms with Gasteiger partial charge in [0.1, 0.15) is 0 Å². The van der Waals surface area contributed by atoms with Crippen molar-refractivity contribution in [3.05, 3.63) is 69.1 Å². The van der Waals surface area contributed by atoms with Crippen molar-refractivity contribution >= 4 is 51.1 Å². The number of nitrogens with one attached hydrogen (secondary N) is 2. The minimum absolute atomic E-state index is 0.0461. The summed E-state index contributed by atoms with van der Waals surface area (Å²) in [7, 11) is 2.92. The quantitative estimate of drug-likeness (QED) is 0.277. The topological polar surface area (TPSA) is 121 Å². The van der Waals surface area contributed by atoms with Crippen molar-refractivity contribution in [2.45, 2.75) is 78.6 Å². The van der Waals surface area contributed by atoms with Crippen LogP contribution in [0.3, 0.4) is 0 Å². The smallest absolute Gasteiger partial charge is 0.305 e. The molecule has 9 nitrogen and oxygen atoms in total. The van der Waals surface area contributed by atoms with Gasteiger partial charge in [0.15, 0.2) is 0 Å². The maximum Gasteiger partial charge on any atom is 0.305 e. The van der Waals surface area contributed by atoms with Gasteiger partial charge in [-0.25, -0.2) is 9.97 Å². The summed E-state index contributed by atoms with van der Waals surface area (Å²) >= 11 is 0. The Morgan fingerprint density at radius 1 is 0.956 bits per heavy atom. The fourth-order valence-corrected chi connectivity index (χ4v) is 7.50. The molecule has 2 atom stereocenters. The molecule has 6 heterocycles. The Morgan fingerprint density at radius 3 is 2.33 bits per heavy atom. The van der Waals surface area contributed by atoms with Gasteiger partial charge in [-0.1, -0.05) is 13.8 Å². The number of methoxy groups -OCH3 is 1. The lowest BCUT2D eigenvalue weighted by molar-refractivity contribution is -0.140. The predicted molar refractivity (Wildman–Crippen MR) is 174 cm³/mol. The molecule has 1 saturated carbocycles. The maximum atomic E-state index is 14.0. The van der Waals surface area contributed by atoms with E-state index >= 15 is 0 Å². The normalized spacial score (nSPS) is 20.3. The highest BCUT2D eigenvalue weighted by Gasteiger charge is 2.39. The average Bonchev–Trinajstić information content (AvgIpc) is 3.54. The molecule has 4 aliphatic heterocycles. The molecule has 0 spiro atoms. The molecule has 2 aromatic heterocycles. The number of aromatic amines is 2. The minimum Gasteiger partial charge on any atom is -0.469 e. The Bertz CT molecular complexity index is 1970. The third kappa shape index (κ3) is 4.46. The van der Waals surface area contributed by atoms with Crippen LogP contribution in [-0.2, 0) is 9.53 Å². The van der Waals surface area contributed by atoms with Crippen molar-refractivity contribution in [2.75, 3.05) is 14.2 Å². The summed E-state index contributed by atoms with van der Waals surface area (Å²) in [6, 6.07) is 6.24. The molecule has 1 fully saturated rings. The second-order valence-corrected chi connectivity index (χ2v) is 12.9. The highest BCUT2D eigenvalue weighted by molar-refractivity contribution is 6.23. The Morgan fingerprint density at radius 2 is 1.64 bits per heavy atom. The third-order valence-electron chi connectivity index (χ3n) is 10.4. The largest absolute Gasteiger partial charge is 0.469 e. The lowest BCUT2D eigenvalue weighted by Crippen LogP contribution is -2.37. The zero-order valence-corrected chi connectivity index (χ0v) is 27.0. The van der Waals surface area contributed by atoms with Crippen molar-refractivity contribution in [1.29, 1.82) is 0 Å². The van der Waals surface area contributed by atoms with Gasteiger partial charge < -0.3 is 14.7 Å². The summed E-state index contributed by atoms with van der Waals surface area (Å²) in [4.78, 5) is 58.5. The van der Waals surface area contributed by atoms with Crippen LogP contribution in [0.5, 0.6) is 0 Å². The molecule has 45 heavy (non-hydrogen) atoms. The number of rotatable bonds is 5. The number of allylic oxidation sites excluding steroid dienone is 4. The Balaban J connectivity index is 1.62. The number of ether oxygens (including phenoxy) is 1. The first-order chi connectivity index (χ1) is 21.5. The molecular formula is C36H39N5O4. The molecule has 1 aliphatic carbocycles. The number of fused-ring (bicyclic) bond motifs is 8. The highest BCUT2D eigenvalue weighted by atomic mass is 16.5. The van der Waals surface area contributed by atoms with E-state index < -0.39 is 0 Å². The predicted octanol–water partition coefficient (Wildman–Crippen LogP) is 7.09. The zero-order valence-electron chi connectivity index (χ0n) is 27.0. The van der Waals surface area contributed by atoms with Crippen LogP contribution in [0.1, 0.15) is 132 Å². The summed E-state index contributed by atoms with van der Waals surface area (Å²) in [6.07, 6.45) is 3.80. The van der Waals surface area contributed by atoms with E-state index in [1.54, 1.807) is 0 Å². The van der Waals surface area contributed by atoms with Gasteiger partial charge in [-0.3, -0.25) is 19.3 Å². The second-order valence-electron chi connectivity index (χ2n) is 12.9. The third-order valence-corrected chi connectivity index (χ3v) is 10.4. The lowest BCUT2D eigenvalue weighted by atomic mass is 9.84. The molecule has 7 rings (SSSR count). The Labute approximate surface area is 262 Å². The van der Waals surface area contributed by atoms with Gasteiger partial charge in [0.25, 0.3) is 11.8 Å². The second kappa shape index (κ2) is 10.5. The van der Waals surface area contributed by atoms with Crippen LogP contribution in [-0.4, -0.2) is 56.8 Å². The van der Waals surface area contributed by atoms with Crippen LogP contribution in [0, 0.1) is 12.8 Å². The number of aryl methyl sites for hydroxylation is 1.